The van der Waals surface area contributed by atoms with E-state index in [1.807, 2.05) is 0 Å². The Hall–Kier alpha value is -7.66. The molecule has 0 saturated carbocycles. The van der Waals surface area contributed by atoms with E-state index in [0.29, 0.717) is 43.5 Å². The Morgan fingerprint density at radius 3 is 2.00 bits per heavy atom. The summed E-state index contributed by atoms with van der Waals surface area (Å²) in [7, 11) is 0. The molecule has 0 aliphatic carbocycles. The lowest BCUT2D eigenvalue weighted by Gasteiger charge is -2.30. The highest BCUT2D eigenvalue weighted by atomic mass is 35.5. The summed E-state index contributed by atoms with van der Waals surface area (Å²) in [5.41, 5.74) is 0.0243. The summed E-state index contributed by atoms with van der Waals surface area (Å²) >= 11 is 6.69. The summed E-state index contributed by atoms with van der Waals surface area (Å²) in [6.45, 7) is 13.4. The number of Topliss-reactive ketones (excluding diaryl/α,β-unsaturated/α-hetero) is 1. The minimum absolute atomic E-state index is 0. The van der Waals surface area contributed by atoms with Crippen LogP contribution in [0.2, 0.25) is 0 Å². The summed E-state index contributed by atoms with van der Waals surface area (Å²) in [6.07, 6.45) is 3.77. The maximum atomic E-state index is 14.7. The minimum atomic E-state index is -1.63. The van der Waals surface area contributed by atoms with Crippen molar-refractivity contribution in [1.29, 1.82) is 0 Å². The van der Waals surface area contributed by atoms with E-state index in [2.05, 4.69) is 51.8 Å². The standard InChI is InChI=1S/C58H63N15O11S6.ClH/c1-8-32(45(76)59-19-27(3)74)61-46(77)36-23-87-54(66-36)40-26-88-53(68-40)34-15-14-31-43(60-34)35-21-89-55(63-35)42(29(5)84-57(82)73-18-12-13-30(73)20-72-16-10-11-17-72)70-48(79)38-25-90-56(67-38)44(58(6,7)83)71-49(80)39-24-86-52(65-39)33(9-2)62-50(81)41(28(4)75)69-47(78)37-22-85-51(31)64-37;/h8-9,14-15,21-26,28-30,41-42,44,75,83H,10-13,16-20H2,1-7H3,(H,59,76)(H,61,77)(H,62,81)(H,69,78)(H,70,79)(H,71,80);1H/b32-8-,33-9-;/t28?,29?,30-,41?,42?,44?;/m0./s1. The number of rotatable bonds is 13. The number of carbonyl (C=O) groups excluding carboxylic acids is 8. The normalized spacial score (nSPS) is 19.7. The lowest BCUT2D eigenvalue weighted by molar-refractivity contribution is -0.124. The number of thiazole rings is 6. The van der Waals surface area contributed by atoms with Crippen molar-refractivity contribution in [2.45, 2.75) is 116 Å². The van der Waals surface area contributed by atoms with Gasteiger partial charge in [-0.05, 0) is 99.4 Å². The van der Waals surface area contributed by atoms with Gasteiger partial charge in [0.05, 0.1) is 29.6 Å². The van der Waals surface area contributed by atoms with Gasteiger partial charge in [-0.15, -0.1) is 80.4 Å². The van der Waals surface area contributed by atoms with Gasteiger partial charge in [0, 0.05) is 57.0 Å². The van der Waals surface area contributed by atoms with Gasteiger partial charge >= 0.3 is 6.09 Å². The first-order valence-corrected chi connectivity index (χ1v) is 33.8. The molecule has 2 fully saturated rings. The summed E-state index contributed by atoms with van der Waals surface area (Å²) in [5, 5.41) is 49.8. The molecule has 3 aliphatic rings. The second kappa shape index (κ2) is 29.3. The predicted molar refractivity (Wildman–Crippen MR) is 348 cm³/mol. The lowest BCUT2D eigenvalue weighted by atomic mass is 9.99. The Morgan fingerprint density at radius 2 is 1.31 bits per heavy atom. The molecule has 33 heteroatoms. The molecule has 2 saturated heterocycles. The number of halogens is 1. The number of pyridine rings is 1. The largest absolute Gasteiger partial charge is 0.444 e. The highest BCUT2D eigenvalue weighted by Crippen LogP contribution is 2.39. The zero-order valence-corrected chi connectivity index (χ0v) is 55.8. The summed E-state index contributed by atoms with van der Waals surface area (Å²) in [4.78, 5) is 146. The Morgan fingerprint density at radius 1 is 0.714 bits per heavy atom. The predicted octanol–water partition coefficient (Wildman–Crippen LogP) is 7.02. The van der Waals surface area contributed by atoms with E-state index in [1.54, 1.807) is 54.6 Å². The highest BCUT2D eigenvalue weighted by Gasteiger charge is 2.38. The summed E-state index contributed by atoms with van der Waals surface area (Å²) in [5.74, 6) is -4.53. The SMILES string of the molecule is C/C=C(\NC(=O)c1csc(-c2csc(-c3ccc4c(n3)-c3csc(n3)C(C(C)OC(=O)N3CCC[C@H]3CN3CCCC3)NC(=O)c3csc(n3)C(C(C)(C)O)NC(=O)c3csc(n3)/C(=C/C)NC(=O)C(C(C)O)NC(=O)c3csc-4n3)n2)n1)C(=O)NCC(C)=O.Cl. The third kappa shape index (κ3) is 15.8. The van der Waals surface area contributed by atoms with Gasteiger partial charge < -0.3 is 56.7 Å². The fourth-order valence-electron chi connectivity index (χ4n) is 9.99. The van der Waals surface area contributed by atoms with Gasteiger partial charge in [-0.3, -0.25) is 33.6 Å². The fraction of sp³-hybridized carbons (Fsp3) is 0.397. The smallest absolute Gasteiger partial charge is 0.410 e. The Balaban J connectivity index is 0.00000980. The van der Waals surface area contributed by atoms with Crippen LogP contribution in [0.15, 0.2) is 62.3 Å². The van der Waals surface area contributed by atoms with E-state index in [9.17, 15) is 48.6 Å². The van der Waals surface area contributed by atoms with Gasteiger partial charge in [0.25, 0.3) is 29.5 Å². The van der Waals surface area contributed by atoms with Crippen LogP contribution in [0.3, 0.4) is 0 Å². The molecule has 10 rings (SSSR count). The second-order valence-corrected chi connectivity index (χ2v) is 27.1. The molecule has 91 heavy (non-hydrogen) atoms. The van der Waals surface area contributed by atoms with Crippen molar-refractivity contribution >= 4 is 133 Å². The van der Waals surface area contributed by atoms with Gasteiger partial charge in [-0.25, -0.2) is 39.7 Å². The van der Waals surface area contributed by atoms with Crippen LogP contribution in [-0.4, -0.2) is 165 Å². The minimum Gasteiger partial charge on any atom is -0.444 e. The number of ketones is 1. The third-order valence-electron chi connectivity index (χ3n) is 14.7. The van der Waals surface area contributed by atoms with E-state index in [-0.39, 0.29) is 86.3 Å². The monoisotopic (exact) mass is 1370 g/mol. The van der Waals surface area contributed by atoms with E-state index >= 15 is 0 Å². The third-order valence-corrected chi connectivity index (χ3v) is 20.0. The van der Waals surface area contributed by atoms with Crippen LogP contribution in [-0.2, 0) is 19.1 Å². The maximum absolute atomic E-state index is 14.7. The number of nitrogens with zero attached hydrogens (tertiary/aromatic N) is 9. The number of hydrogen-bond acceptors (Lipinski definition) is 25. The molecule has 7 aromatic heterocycles. The van der Waals surface area contributed by atoms with Crippen molar-refractivity contribution < 1.29 is 53.3 Å². The van der Waals surface area contributed by atoms with Gasteiger partial charge in [-0.1, -0.05) is 12.2 Å². The van der Waals surface area contributed by atoms with Crippen molar-refractivity contribution in [3.05, 3.63) is 100 Å². The number of aliphatic hydroxyl groups is 2. The molecule has 0 aromatic carbocycles. The highest BCUT2D eigenvalue weighted by molar-refractivity contribution is 7.15. The molecule has 480 valence electrons. The lowest BCUT2D eigenvalue weighted by Crippen LogP contribution is -2.52. The molecule has 0 spiro atoms. The average Bonchev–Trinajstić information content (AvgIpc) is 1.90. The van der Waals surface area contributed by atoms with Gasteiger partial charge in [0.2, 0.25) is 5.91 Å². The second-order valence-electron chi connectivity index (χ2n) is 21.9. The average molecular weight is 1380 g/mol. The number of nitrogens with one attached hydrogen (secondary N) is 6. The first kappa shape index (κ1) is 67.7. The zero-order valence-electron chi connectivity index (χ0n) is 50.1. The molecule has 5 unspecified atom stereocenters. The number of hydrogen-bond donors (Lipinski definition) is 8. The number of likely N-dealkylation sites (tertiary alicyclic amines) is 2. The Kier molecular flexibility index (Phi) is 21.8. The molecular weight excluding hydrogens is 1310 g/mol. The number of fused-ring (bicyclic) bond motifs is 11. The van der Waals surface area contributed by atoms with Crippen LogP contribution in [0.25, 0.3) is 49.1 Å². The summed E-state index contributed by atoms with van der Waals surface area (Å²) < 4.78 is 6.29. The topological polar surface area (TPSA) is 355 Å². The molecule has 8 bridgehead atoms. The van der Waals surface area contributed by atoms with E-state index in [0.717, 1.165) is 102 Å². The molecule has 10 heterocycles. The van der Waals surface area contributed by atoms with Crippen molar-refractivity contribution in [3.63, 3.8) is 0 Å². The van der Waals surface area contributed by atoms with Crippen molar-refractivity contribution in [3.8, 4) is 43.4 Å². The van der Waals surface area contributed by atoms with Crippen molar-refractivity contribution in [1.82, 2.24) is 76.6 Å². The van der Waals surface area contributed by atoms with Crippen LogP contribution in [0.1, 0.15) is 143 Å². The van der Waals surface area contributed by atoms with Crippen LogP contribution in [0.4, 0.5) is 4.79 Å². The number of allylic oxidation sites excluding steroid dienone is 2. The quantitative estimate of drug-likeness (QED) is 0.0538. The fourth-order valence-corrected chi connectivity index (χ4v) is 15.2. The van der Waals surface area contributed by atoms with Crippen LogP contribution in [0.5, 0.6) is 0 Å². The van der Waals surface area contributed by atoms with Crippen molar-refractivity contribution in [2.75, 3.05) is 32.7 Å². The van der Waals surface area contributed by atoms with E-state index in [1.165, 1.54) is 66.6 Å². The van der Waals surface area contributed by atoms with Crippen LogP contribution < -0.4 is 31.9 Å². The van der Waals surface area contributed by atoms with Gasteiger partial charge in [0.15, 0.2) is 0 Å². The number of ether oxygens (including phenoxy) is 1. The first-order valence-electron chi connectivity index (χ1n) is 28.6. The van der Waals surface area contributed by atoms with E-state index < -0.39 is 77.5 Å². The molecule has 7 aromatic rings. The number of aliphatic hydroxyl groups excluding tert-OH is 1. The van der Waals surface area contributed by atoms with Gasteiger partial charge in [-0.2, -0.15) is 0 Å². The summed E-state index contributed by atoms with van der Waals surface area (Å²) in [6, 6.07) is -0.384. The molecule has 6 atom stereocenters. The molecule has 26 nitrogen and oxygen atoms in total. The van der Waals surface area contributed by atoms with Crippen LogP contribution >= 0.6 is 80.4 Å². The first-order chi connectivity index (χ1) is 43.0. The molecule has 7 amide bonds. The van der Waals surface area contributed by atoms with Gasteiger partial charge in [0.1, 0.15) is 106 Å². The Bertz CT molecular complexity index is 3950. The van der Waals surface area contributed by atoms with E-state index in [4.69, 9.17) is 24.7 Å². The zero-order chi connectivity index (χ0) is 64.1. The molecule has 8 N–H and O–H groups in total. The number of carbonyl (C=O) groups is 8. The molecule has 3 aliphatic heterocycles. The van der Waals surface area contributed by atoms with Crippen LogP contribution in [0, 0.1) is 0 Å². The molecule has 0 radical (unpaired) electrons. The van der Waals surface area contributed by atoms with Crippen molar-refractivity contribution in [2.24, 2.45) is 0 Å². The molecular formula is C58H64ClN15O11S6. The Labute approximate surface area is 551 Å². The maximum Gasteiger partial charge on any atom is 0.410 e. The number of aromatic nitrogens is 7. The number of amides is 7.